The molecule has 1 aliphatic heterocycles. The van der Waals surface area contributed by atoms with Crippen LogP contribution in [0.25, 0.3) is 11.0 Å². The smallest absolute Gasteiger partial charge is 0.290 e. The summed E-state index contributed by atoms with van der Waals surface area (Å²) >= 11 is 0. The van der Waals surface area contributed by atoms with Crippen molar-refractivity contribution in [2.45, 2.75) is 45.4 Å². The number of aromatic amines is 1. The van der Waals surface area contributed by atoms with E-state index < -0.39 is 0 Å². The fraction of sp³-hybridized carbons (Fsp3) is 0.450. The molecule has 1 amide bonds. The topological polar surface area (TPSA) is 125 Å². The second-order valence-corrected chi connectivity index (χ2v) is 7.19. The first kappa shape index (κ1) is 20.5. The molecular formula is C20H25N5O4. The lowest BCUT2D eigenvalue weighted by Gasteiger charge is -2.30. The number of H-pyrrole nitrogens is 1. The fourth-order valence-corrected chi connectivity index (χ4v) is 3.57. The number of carboxylic acid groups (broad SMARTS) is 1. The summed E-state index contributed by atoms with van der Waals surface area (Å²) in [6.07, 6.45) is 4.24. The third-order valence-electron chi connectivity index (χ3n) is 5.31. The van der Waals surface area contributed by atoms with E-state index in [4.69, 9.17) is 14.4 Å². The first-order chi connectivity index (χ1) is 14.0. The maximum Gasteiger partial charge on any atom is 0.290 e. The van der Waals surface area contributed by atoms with Gasteiger partial charge >= 0.3 is 0 Å². The molecule has 29 heavy (non-hydrogen) atoms. The number of likely N-dealkylation sites (tertiary alicyclic amines) is 1. The molecule has 3 aromatic rings. The predicted octanol–water partition coefficient (Wildman–Crippen LogP) is 2.60. The summed E-state index contributed by atoms with van der Waals surface area (Å²) in [5.41, 5.74) is 4.48. The third kappa shape index (κ3) is 4.98. The summed E-state index contributed by atoms with van der Waals surface area (Å²) in [6.45, 7) is 5.43. The second kappa shape index (κ2) is 9.31. The quantitative estimate of drug-likeness (QED) is 0.646. The highest BCUT2D eigenvalue weighted by molar-refractivity contribution is 5.78. The number of fused-ring (bicyclic) bond motifs is 1. The van der Waals surface area contributed by atoms with Crippen LogP contribution in [0.3, 0.4) is 0 Å². The number of amides is 1. The summed E-state index contributed by atoms with van der Waals surface area (Å²) in [4.78, 5) is 34.9. The Hall–Kier alpha value is -3.23. The van der Waals surface area contributed by atoms with Crippen LogP contribution in [0.15, 0.2) is 23.0 Å². The number of rotatable bonds is 4. The zero-order valence-corrected chi connectivity index (χ0v) is 16.6. The van der Waals surface area contributed by atoms with Crippen molar-refractivity contribution < 1.29 is 19.2 Å². The lowest BCUT2D eigenvalue weighted by Crippen LogP contribution is -2.38. The highest BCUT2D eigenvalue weighted by atomic mass is 16.5. The van der Waals surface area contributed by atoms with Crippen LogP contribution in [-0.4, -0.2) is 55.6 Å². The van der Waals surface area contributed by atoms with Crippen molar-refractivity contribution in [1.82, 2.24) is 25.0 Å². The van der Waals surface area contributed by atoms with Crippen molar-refractivity contribution >= 4 is 23.4 Å². The lowest BCUT2D eigenvalue weighted by atomic mass is 9.96. The van der Waals surface area contributed by atoms with Gasteiger partial charge in [0.15, 0.2) is 5.82 Å². The van der Waals surface area contributed by atoms with Crippen LogP contribution in [0.5, 0.6) is 0 Å². The van der Waals surface area contributed by atoms with Crippen molar-refractivity contribution in [3.8, 4) is 0 Å². The van der Waals surface area contributed by atoms with E-state index in [-0.39, 0.29) is 12.4 Å². The van der Waals surface area contributed by atoms with Crippen molar-refractivity contribution in [3.05, 3.63) is 41.3 Å². The molecule has 9 heteroatoms. The number of hydrogen-bond acceptors (Lipinski definition) is 6. The third-order valence-corrected chi connectivity index (χ3v) is 5.31. The summed E-state index contributed by atoms with van der Waals surface area (Å²) in [6, 6.07) is 4.21. The standard InChI is InChI=1S/C19H23N5O2.CH2O2/c1-12-9-15-16(10-13(12)2)22-17(21-15)3-4-18(25)24-7-5-14(6-8-24)19-20-11-26-23-19;2-1-3/h9-11,14H,3-8H2,1-2H3,(H,21,22);1H,(H,2,3). The molecule has 0 radical (unpaired) electrons. The Morgan fingerprint density at radius 3 is 2.66 bits per heavy atom. The number of carbonyl (C=O) groups is 2. The Morgan fingerprint density at radius 1 is 1.31 bits per heavy atom. The van der Waals surface area contributed by atoms with Gasteiger partial charge < -0.3 is 19.5 Å². The van der Waals surface area contributed by atoms with Crippen LogP contribution < -0.4 is 0 Å². The van der Waals surface area contributed by atoms with E-state index in [0.717, 1.165) is 48.6 Å². The minimum absolute atomic E-state index is 0.185. The van der Waals surface area contributed by atoms with Crippen molar-refractivity contribution in [2.75, 3.05) is 13.1 Å². The monoisotopic (exact) mass is 399 g/mol. The zero-order valence-electron chi connectivity index (χ0n) is 16.6. The zero-order chi connectivity index (χ0) is 20.8. The van der Waals surface area contributed by atoms with Gasteiger partial charge in [0.25, 0.3) is 6.47 Å². The largest absolute Gasteiger partial charge is 0.483 e. The molecule has 1 aliphatic rings. The van der Waals surface area contributed by atoms with Crippen LogP contribution in [0.4, 0.5) is 0 Å². The molecule has 0 atom stereocenters. The average Bonchev–Trinajstić information content (AvgIpc) is 3.37. The summed E-state index contributed by atoms with van der Waals surface area (Å²) in [7, 11) is 0. The molecule has 1 fully saturated rings. The van der Waals surface area contributed by atoms with Gasteiger partial charge in [-0.3, -0.25) is 9.59 Å². The normalized spacial score (nSPS) is 14.5. The minimum Gasteiger partial charge on any atom is -0.483 e. The first-order valence-corrected chi connectivity index (χ1v) is 9.59. The van der Waals surface area contributed by atoms with Crippen LogP contribution in [0, 0.1) is 13.8 Å². The molecule has 0 unspecified atom stereocenters. The Labute approximate surface area is 168 Å². The fourth-order valence-electron chi connectivity index (χ4n) is 3.57. The Kier molecular flexibility index (Phi) is 6.58. The molecule has 3 heterocycles. The van der Waals surface area contributed by atoms with E-state index in [9.17, 15) is 4.79 Å². The lowest BCUT2D eigenvalue weighted by molar-refractivity contribution is -0.132. The predicted molar refractivity (Wildman–Crippen MR) is 105 cm³/mol. The van der Waals surface area contributed by atoms with E-state index >= 15 is 0 Å². The number of benzene rings is 1. The van der Waals surface area contributed by atoms with Crippen LogP contribution in [-0.2, 0) is 16.0 Å². The van der Waals surface area contributed by atoms with Gasteiger partial charge in [0, 0.05) is 31.8 Å². The van der Waals surface area contributed by atoms with Gasteiger partial charge in [0.1, 0.15) is 5.82 Å². The van der Waals surface area contributed by atoms with Gasteiger partial charge in [-0.25, -0.2) is 4.98 Å². The first-order valence-electron chi connectivity index (χ1n) is 9.59. The van der Waals surface area contributed by atoms with Gasteiger partial charge in [-0.15, -0.1) is 0 Å². The molecule has 154 valence electrons. The molecule has 0 saturated carbocycles. The van der Waals surface area contributed by atoms with E-state index in [1.54, 1.807) is 0 Å². The molecule has 2 N–H and O–H groups in total. The number of piperidine rings is 1. The summed E-state index contributed by atoms with van der Waals surface area (Å²) in [5, 5.41) is 10.8. The highest BCUT2D eigenvalue weighted by Crippen LogP contribution is 2.25. The van der Waals surface area contributed by atoms with Crippen LogP contribution >= 0.6 is 0 Å². The van der Waals surface area contributed by atoms with Gasteiger partial charge in [0.2, 0.25) is 12.3 Å². The van der Waals surface area contributed by atoms with E-state index in [1.807, 2.05) is 4.90 Å². The van der Waals surface area contributed by atoms with Crippen molar-refractivity contribution in [3.63, 3.8) is 0 Å². The molecule has 4 rings (SSSR count). The summed E-state index contributed by atoms with van der Waals surface area (Å²) < 4.78 is 4.82. The molecule has 0 bridgehead atoms. The Balaban J connectivity index is 0.000000755. The Morgan fingerprint density at radius 2 is 2.00 bits per heavy atom. The number of nitrogens with one attached hydrogen (secondary N) is 1. The van der Waals surface area contributed by atoms with Crippen molar-refractivity contribution in [2.24, 2.45) is 0 Å². The Bertz CT molecular complexity index is 920. The van der Waals surface area contributed by atoms with Crippen LogP contribution in [0.1, 0.15) is 48.0 Å². The SMILES string of the molecule is Cc1cc2nc(CCC(=O)N3CCC(c4ncon4)CC3)[nH]c2cc1C.O=CO. The van der Waals surface area contributed by atoms with E-state index in [2.05, 4.69) is 46.1 Å². The van der Waals surface area contributed by atoms with Gasteiger partial charge in [-0.05, 0) is 49.9 Å². The molecule has 0 spiro atoms. The molecule has 1 aromatic carbocycles. The van der Waals surface area contributed by atoms with Gasteiger partial charge in [-0.2, -0.15) is 4.98 Å². The number of hydrogen-bond donors (Lipinski definition) is 2. The van der Waals surface area contributed by atoms with Gasteiger partial charge in [-0.1, -0.05) is 5.16 Å². The van der Waals surface area contributed by atoms with E-state index in [0.29, 0.717) is 18.8 Å². The van der Waals surface area contributed by atoms with Crippen LogP contribution in [0.2, 0.25) is 0 Å². The van der Waals surface area contributed by atoms with Gasteiger partial charge in [0.05, 0.1) is 11.0 Å². The molecule has 0 aliphatic carbocycles. The summed E-state index contributed by atoms with van der Waals surface area (Å²) in [5.74, 6) is 2.11. The van der Waals surface area contributed by atoms with E-state index in [1.165, 1.54) is 17.5 Å². The number of aryl methyl sites for hydroxylation is 3. The molecule has 1 saturated heterocycles. The molecule has 9 nitrogen and oxygen atoms in total. The van der Waals surface area contributed by atoms with Crippen molar-refractivity contribution in [1.29, 1.82) is 0 Å². The molecular weight excluding hydrogens is 374 g/mol. The maximum atomic E-state index is 12.5. The highest BCUT2D eigenvalue weighted by Gasteiger charge is 2.26. The number of aromatic nitrogens is 4. The number of imidazole rings is 1. The average molecular weight is 399 g/mol. The number of carbonyl (C=O) groups excluding carboxylic acids is 1. The molecule has 2 aromatic heterocycles. The number of nitrogens with zero attached hydrogens (tertiary/aromatic N) is 4. The maximum absolute atomic E-state index is 12.5. The second-order valence-electron chi connectivity index (χ2n) is 7.19. The minimum atomic E-state index is -0.250.